The first kappa shape index (κ1) is 12.1. The van der Waals surface area contributed by atoms with Gasteiger partial charge >= 0.3 is 0 Å². The Balaban J connectivity index is 2.10. The first-order valence-corrected chi connectivity index (χ1v) is 7.22. The van der Waals surface area contributed by atoms with Gasteiger partial charge in [0.2, 0.25) is 0 Å². The van der Waals surface area contributed by atoms with Crippen molar-refractivity contribution in [1.29, 1.82) is 0 Å². The molecule has 1 saturated heterocycles. The molecule has 0 amide bonds. The molecular weight excluding hydrogens is 238 g/mol. The van der Waals surface area contributed by atoms with Gasteiger partial charge in [-0.15, -0.1) is 11.6 Å². The Bertz CT molecular complexity index is 328. The Morgan fingerprint density at radius 3 is 2.25 bits per heavy atom. The summed E-state index contributed by atoms with van der Waals surface area (Å²) in [6.45, 7) is 6.91. The molecule has 16 heavy (non-hydrogen) atoms. The summed E-state index contributed by atoms with van der Waals surface area (Å²) in [5.74, 6) is 0.600. The highest BCUT2D eigenvalue weighted by molar-refractivity contribution is 8.00. The normalized spacial score (nSPS) is 25.8. The van der Waals surface area contributed by atoms with Gasteiger partial charge in [0.05, 0.1) is 0 Å². The van der Waals surface area contributed by atoms with E-state index in [0.717, 1.165) is 23.6 Å². The van der Waals surface area contributed by atoms with Crippen LogP contribution in [0.15, 0.2) is 24.3 Å². The standard InChI is InChI=1S/C13H18ClNS/c1-10-8-15(9-11(2)16-10)13-5-3-12(7-14)4-6-13/h3-6,10-11H,7-9H2,1-2H3. The smallest absolute Gasteiger partial charge is 0.0474 e. The number of halogens is 1. The van der Waals surface area contributed by atoms with Gasteiger partial charge in [-0.3, -0.25) is 0 Å². The zero-order chi connectivity index (χ0) is 11.5. The molecule has 88 valence electrons. The number of rotatable bonds is 2. The first-order chi connectivity index (χ1) is 7.69. The summed E-state index contributed by atoms with van der Waals surface area (Å²) in [6, 6.07) is 8.62. The quantitative estimate of drug-likeness (QED) is 0.741. The summed E-state index contributed by atoms with van der Waals surface area (Å²) >= 11 is 7.88. The van der Waals surface area contributed by atoms with Crippen LogP contribution in [0.2, 0.25) is 0 Å². The molecular formula is C13H18ClNS. The minimum Gasteiger partial charge on any atom is -0.369 e. The van der Waals surface area contributed by atoms with Crippen LogP contribution in [0.4, 0.5) is 5.69 Å². The van der Waals surface area contributed by atoms with Gasteiger partial charge in [-0.1, -0.05) is 26.0 Å². The van der Waals surface area contributed by atoms with E-state index >= 15 is 0 Å². The summed E-state index contributed by atoms with van der Waals surface area (Å²) in [4.78, 5) is 2.48. The highest BCUT2D eigenvalue weighted by Crippen LogP contribution is 2.28. The van der Waals surface area contributed by atoms with E-state index in [0.29, 0.717) is 5.88 Å². The van der Waals surface area contributed by atoms with Crippen molar-refractivity contribution in [3.63, 3.8) is 0 Å². The second-order valence-corrected chi connectivity index (χ2v) is 6.61. The monoisotopic (exact) mass is 255 g/mol. The zero-order valence-electron chi connectivity index (χ0n) is 9.82. The van der Waals surface area contributed by atoms with Gasteiger partial charge in [-0.25, -0.2) is 0 Å². The lowest BCUT2D eigenvalue weighted by molar-refractivity contribution is 0.728. The SMILES string of the molecule is CC1CN(c2ccc(CCl)cc2)CC(C)S1. The molecule has 0 radical (unpaired) electrons. The number of nitrogens with zero attached hydrogens (tertiary/aromatic N) is 1. The van der Waals surface area contributed by atoms with Gasteiger partial charge < -0.3 is 4.90 Å². The second kappa shape index (κ2) is 5.33. The third kappa shape index (κ3) is 2.86. The number of hydrogen-bond acceptors (Lipinski definition) is 2. The van der Waals surface area contributed by atoms with Crippen molar-refractivity contribution in [2.75, 3.05) is 18.0 Å². The number of anilines is 1. The van der Waals surface area contributed by atoms with Crippen LogP contribution in [0.1, 0.15) is 19.4 Å². The van der Waals surface area contributed by atoms with E-state index in [1.54, 1.807) is 0 Å². The summed E-state index contributed by atoms with van der Waals surface area (Å²) in [5, 5.41) is 1.44. The fraction of sp³-hybridized carbons (Fsp3) is 0.538. The summed E-state index contributed by atoms with van der Waals surface area (Å²) in [7, 11) is 0. The molecule has 1 aliphatic heterocycles. The van der Waals surface area contributed by atoms with Crippen molar-refractivity contribution in [1.82, 2.24) is 0 Å². The lowest BCUT2D eigenvalue weighted by Crippen LogP contribution is -2.40. The van der Waals surface area contributed by atoms with Crippen molar-refractivity contribution in [3.05, 3.63) is 29.8 Å². The molecule has 2 atom stereocenters. The lowest BCUT2D eigenvalue weighted by Gasteiger charge is -2.36. The van der Waals surface area contributed by atoms with Crippen molar-refractivity contribution in [3.8, 4) is 0 Å². The second-order valence-electron chi connectivity index (χ2n) is 4.46. The molecule has 3 heteroatoms. The van der Waals surface area contributed by atoms with Crippen LogP contribution in [0.5, 0.6) is 0 Å². The molecule has 1 aliphatic rings. The van der Waals surface area contributed by atoms with Gasteiger partial charge in [0, 0.05) is 35.2 Å². The highest BCUT2D eigenvalue weighted by Gasteiger charge is 2.22. The third-order valence-electron chi connectivity index (χ3n) is 2.88. The molecule has 1 heterocycles. The van der Waals surface area contributed by atoms with Crippen molar-refractivity contribution >= 4 is 29.1 Å². The van der Waals surface area contributed by atoms with E-state index in [-0.39, 0.29) is 0 Å². The third-order valence-corrected chi connectivity index (χ3v) is 4.41. The maximum atomic E-state index is 5.79. The van der Waals surface area contributed by atoms with Crippen LogP contribution in [-0.4, -0.2) is 23.6 Å². The first-order valence-electron chi connectivity index (χ1n) is 5.74. The minimum absolute atomic E-state index is 0.600. The predicted octanol–water partition coefficient (Wildman–Crippen LogP) is 3.76. The molecule has 1 fully saturated rings. The molecule has 1 aromatic rings. The number of thioether (sulfide) groups is 1. The van der Waals surface area contributed by atoms with Crippen molar-refractivity contribution in [2.24, 2.45) is 0 Å². The van der Waals surface area contributed by atoms with Crippen LogP contribution in [0.25, 0.3) is 0 Å². The molecule has 2 rings (SSSR count). The summed E-state index contributed by atoms with van der Waals surface area (Å²) in [5.41, 5.74) is 2.52. The van der Waals surface area contributed by atoms with E-state index in [9.17, 15) is 0 Å². The van der Waals surface area contributed by atoms with E-state index in [1.807, 2.05) is 0 Å². The molecule has 0 spiro atoms. The van der Waals surface area contributed by atoms with Gasteiger partial charge in [-0.2, -0.15) is 11.8 Å². The molecule has 1 aromatic carbocycles. The maximum absolute atomic E-state index is 5.79. The molecule has 1 nitrogen and oxygen atoms in total. The molecule has 0 aromatic heterocycles. The lowest BCUT2D eigenvalue weighted by atomic mass is 10.2. The summed E-state index contributed by atoms with van der Waals surface area (Å²) in [6.07, 6.45) is 0. The Morgan fingerprint density at radius 1 is 1.19 bits per heavy atom. The number of benzene rings is 1. The van der Waals surface area contributed by atoms with Crippen LogP contribution in [0.3, 0.4) is 0 Å². The fourth-order valence-electron chi connectivity index (χ4n) is 2.18. The topological polar surface area (TPSA) is 3.24 Å². The van der Waals surface area contributed by atoms with Gasteiger partial charge in [0.15, 0.2) is 0 Å². The Morgan fingerprint density at radius 2 is 1.75 bits per heavy atom. The van der Waals surface area contributed by atoms with Crippen LogP contribution in [-0.2, 0) is 5.88 Å². The fourth-order valence-corrected chi connectivity index (χ4v) is 3.69. The summed E-state index contributed by atoms with van der Waals surface area (Å²) < 4.78 is 0. The average Bonchev–Trinajstić information content (AvgIpc) is 2.28. The maximum Gasteiger partial charge on any atom is 0.0474 e. The predicted molar refractivity (Wildman–Crippen MR) is 74.7 cm³/mol. The van der Waals surface area contributed by atoms with Crippen LogP contribution >= 0.6 is 23.4 Å². The van der Waals surface area contributed by atoms with Gasteiger partial charge in [0.25, 0.3) is 0 Å². The van der Waals surface area contributed by atoms with E-state index in [1.165, 1.54) is 11.3 Å². The molecule has 0 saturated carbocycles. The number of hydrogen-bond donors (Lipinski definition) is 0. The van der Waals surface area contributed by atoms with E-state index in [4.69, 9.17) is 11.6 Å². The molecule has 0 aliphatic carbocycles. The minimum atomic E-state index is 0.600. The molecule has 0 N–H and O–H groups in total. The van der Waals surface area contributed by atoms with Crippen molar-refractivity contribution < 1.29 is 0 Å². The van der Waals surface area contributed by atoms with Crippen LogP contribution < -0.4 is 4.90 Å². The Labute approximate surface area is 107 Å². The zero-order valence-corrected chi connectivity index (χ0v) is 11.4. The molecule has 2 unspecified atom stereocenters. The Hall–Kier alpha value is -0.340. The largest absolute Gasteiger partial charge is 0.369 e. The highest BCUT2D eigenvalue weighted by atomic mass is 35.5. The average molecular weight is 256 g/mol. The molecule has 0 bridgehead atoms. The van der Waals surface area contributed by atoms with Crippen molar-refractivity contribution in [2.45, 2.75) is 30.2 Å². The van der Waals surface area contributed by atoms with E-state index < -0.39 is 0 Å². The Kier molecular flexibility index (Phi) is 4.04. The van der Waals surface area contributed by atoms with Gasteiger partial charge in [0.1, 0.15) is 0 Å². The van der Waals surface area contributed by atoms with E-state index in [2.05, 4.69) is 54.8 Å². The van der Waals surface area contributed by atoms with Crippen LogP contribution in [0, 0.1) is 0 Å². The number of alkyl halides is 1. The van der Waals surface area contributed by atoms with Gasteiger partial charge in [-0.05, 0) is 17.7 Å².